The molecule has 1 saturated carbocycles. The van der Waals surface area contributed by atoms with Gasteiger partial charge in [0, 0.05) is 10.6 Å². The highest BCUT2D eigenvalue weighted by Gasteiger charge is 2.36. The standard InChI is InChI=1S/C12H13ClN2O2S/c13-10-4-3-9(2-1-7-14)12(8-10)15-18(16,17)11-5-6-11/h3-4,8,11,15H,5-7,14H2. The van der Waals surface area contributed by atoms with Crippen molar-refractivity contribution in [2.45, 2.75) is 18.1 Å². The highest BCUT2D eigenvalue weighted by molar-refractivity contribution is 7.93. The van der Waals surface area contributed by atoms with Gasteiger partial charge in [0.25, 0.3) is 0 Å². The van der Waals surface area contributed by atoms with Crippen LogP contribution in [0.15, 0.2) is 18.2 Å². The predicted octanol–water partition coefficient (Wildman–Crippen LogP) is 1.55. The van der Waals surface area contributed by atoms with Gasteiger partial charge in [0.2, 0.25) is 10.0 Å². The molecule has 1 aromatic carbocycles. The second-order valence-electron chi connectivity index (χ2n) is 4.04. The smallest absolute Gasteiger partial charge is 0.235 e. The maximum absolute atomic E-state index is 11.9. The van der Waals surface area contributed by atoms with Gasteiger partial charge in [-0.25, -0.2) is 8.42 Å². The second kappa shape index (κ2) is 5.19. The van der Waals surface area contributed by atoms with Crippen molar-refractivity contribution in [3.8, 4) is 11.8 Å². The molecule has 1 fully saturated rings. The largest absolute Gasteiger partial charge is 0.320 e. The number of benzene rings is 1. The van der Waals surface area contributed by atoms with Gasteiger partial charge in [-0.05, 0) is 31.0 Å². The Morgan fingerprint density at radius 2 is 2.17 bits per heavy atom. The zero-order valence-electron chi connectivity index (χ0n) is 9.61. The first kappa shape index (κ1) is 13.2. The Hall–Kier alpha value is -1.22. The molecule has 1 aliphatic carbocycles. The van der Waals surface area contributed by atoms with E-state index in [0.29, 0.717) is 29.1 Å². The van der Waals surface area contributed by atoms with Crippen LogP contribution in [-0.4, -0.2) is 20.2 Å². The number of rotatable bonds is 3. The summed E-state index contributed by atoms with van der Waals surface area (Å²) in [6, 6.07) is 4.90. The summed E-state index contributed by atoms with van der Waals surface area (Å²) in [6.07, 6.45) is 1.42. The molecule has 0 amide bonds. The minimum atomic E-state index is -3.31. The first-order valence-electron chi connectivity index (χ1n) is 5.53. The number of nitrogens with two attached hydrogens (primary N) is 1. The molecule has 0 radical (unpaired) electrons. The summed E-state index contributed by atoms with van der Waals surface area (Å²) in [5.74, 6) is 5.52. The Morgan fingerprint density at radius 3 is 2.78 bits per heavy atom. The van der Waals surface area contributed by atoms with E-state index in [9.17, 15) is 8.42 Å². The van der Waals surface area contributed by atoms with Gasteiger partial charge in [0.05, 0.1) is 17.5 Å². The molecule has 2 rings (SSSR count). The lowest BCUT2D eigenvalue weighted by molar-refractivity contribution is 0.600. The number of sulfonamides is 1. The Balaban J connectivity index is 2.33. The summed E-state index contributed by atoms with van der Waals surface area (Å²) in [4.78, 5) is 0. The summed E-state index contributed by atoms with van der Waals surface area (Å²) >= 11 is 5.87. The van der Waals surface area contributed by atoms with Gasteiger partial charge in [-0.2, -0.15) is 0 Å². The molecule has 0 unspecified atom stereocenters. The zero-order chi connectivity index (χ0) is 13.2. The predicted molar refractivity (Wildman–Crippen MR) is 72.9 cm³/mol. The molecular formula is C12H13ClN2O2S. The Bertz CT molecular complexity index is 613. The summed E-state index contributed by atoms with van der Waals surface area (Å²) < 4.78 is 26.3. The van der Waals surface area contributed by atoms with Crippen LogP contribution in [0.1, 0.15) is 18.4 Å². The van der Waals surface area contributed by atoms with Crippen molar-refractivity contribution in [3.05, 3.63) is 28.8 Å². The van der Waals surface area contributed by atoms with E-state index in [2.05, 4.69) is 16.6 Å². The molecule has 1 aromatic rings. The lowest BCUT2D eigenvalue weighted by Crippen LogP contribution is -2.18. The van der Waals surface area contributed by atoms with Gasteiger partial charge >= 0.3 is 0 Å². The molecule has 0 spiro atoms. The van der Waals surface area contributed by atoms with Gasteiger partial charge < -0.3 is 5.73 Å². The third-order valence-corrected chi connectivity index (χ3v) is 4.61. The molecule has 0 bridgehead atoms. The average Bonchev–Trinajstić information content (AvgIpc) is 3.11. The van der Waals surface area contributed by atoms with Crippen molar-refractivity contribution in [2.24, 2.45) is 5.73 Å². The maximum atomic E-state index is 11.9. The van der Waals surface area contributed by atoms with Crippen molar-refractivity contribution >= 4 is 27.3 Å². The zero-order valence-corrected chi connectivity index (χ0v) is 11.2. The van der Waals surface area contributed by atoms with Crippen LogP contribution in [-0.2, 0) is 10.0 Å². The number of hydrogen-bond acceptors (Lipinski definition) is 3. The minimum absolute atomic E-state index is 0.220. The summed E-state index contributed by atoms with van der Waals surface area (Å²) in [5, 5.41) is 0.175. The fourth-order valence-electron chi connectivity index (χ4n) is 1.47. The first-order valence-corrected chi connectivity index (χ1v) is 7.45. The molecule has 0 aliphatic heterocycles. The van der Waals surface area contributed by atoms with E-state index >= 15 is 0 Å². The van der Waals surface area contributed by atoms with Crippen LogP contribution in [0.4, 0.5) is 5.69 Å². The Morgan fingerprint density at radius 1 is 1.44 bits per heavy atom. The monoisotopic (exact) mass is 284 g/mol. The molecule has 96 valence electrons. The maximum Gasteiger partial charge on any atom is 0.235 e. The van der Waals surface area contributed by atoms with Crippen molar-refractivity contribution in [1.29, 1.82) is 0 Å². The van der Waals surface area contributed by atoms with Gasteiger partial charge in [-0.1, -0.05) is 23.4 Å². The number of halogens is 1. The quantitative estimate of drug-likeness (QED) is 0.827. The first-order chi connectivity index (χ1) is 8.53. The van der Waals surface area contributed by atoms with E-state index in [4.69, 9.17) is 17.3 Å². The SMILES string of the molecule is NCC#Cc1ccc(Cl)cc1NS(=O)(=O)C1CC1. The molecule has 3 N–H and O–H groups in total. The highest BCUT2D eigenvalue weighted by Crippen LogP contribution is 2.31. The molecule has 6 heteroatoms. The summed E-state index contributed by atoms with van der Waals surface area (Å²) in [5.41, 5.74) is 6.29. The van der Waals surface area contributed by atoms with E-state index in [1.54, 1.807) is 18.2 Å². The van der Waals surface area contributed by atoms with Crippen LogP contribution in [0, 0.1) is 11.8 Å². The van der Waals surface area contributed by atoms with Gasteiger partial charge in [0.15, 0.2) is 0 Å². The van der Waals surface area contributed by atoms with Crippen molar-refractivity contribution < 1.29 is 8.42 Å². The molecule has 0 saturated heterocycles. The van der Waals surface area contributed by atoms with E-state index in [1.165, 1.54) is 0 Å². The van der Waals surface area contributed by atoms with E-state index in [0.717, 1.165) is 0 Å². The molecule has 0 aromatic heterocycles. The molecule has 4 nitrogen and oxygen atoms in total. The summed E-state index contributed by atoms with van der Waals surface area (Å²) in [6.45, 7) is 0.220. The van der Waals surface area contributed by atoms with E-state index < -0.39 is 10.0 Å². The Kier molecular flexibility index (Phi) is 3.81. The molecular weight excluding hydrogens is 272 g/mol. The average molecular weight is 285 g/mol. The van der Waals surface area contributed by atoms with Crippen LogP contribution < -0.4 is 10.5 Å². The number of anilines is 1. The van der Waals surface area contributed by atoms with Gasteiger partial charge in [-0.3, -0.25) is 4.72 Å². The van der Waals surface area contributed by atoms with Crippen LogP contribution in [0.3, 0.4) is 0 Å². The van der Waals surface area contributed by atoms with E-state index in [-0.39, 0.29) is 11.8 Å². The molecule has 18 heavy (non-hydrogen) atoms. The normalized spacial score (nSPS) is 14.8. The van der Waals surface area contributed by atoms with Crippen molar-refractivity contribution in [1.82, 2.24) is 0 Å². The van der Waals surface area contributed by atoms with Gasteiger partial charge in [0.1, 0.15) is 0 Å². The fourth-order valence-corrected chi connectivity index (χ4v) is 3.04. The van der Waals surface area contributed by atoms with Crippen LogP contribution in [0.5, 0.6) is 0 Å². The summed E-state index contributed by atoms with van der Waals surface area (Å²) in [7, 11) is -3.31. The van der Waals surface area contributed by atoms with Crippen LogP contribution in [0.25, 0.3) is 0 Å². The number of nitrogens with one attached hydrogen (secondary N) is 1. The van der Waals surface area contributed by atoms with Crippen molar-refractivity contribution in [2.75, 3.05) is 11.3 Å². The van der Waals surface area contributed by atoms with Gasteiger partial charge in [-0.15, -0.1) is 0 Å². The third kappa shape index (κ3) is 3.16. The van der Waals surface area contributed by atoms with E-state index in [1.807, 2.05) is 0 Å². The van der Waals surface area contributed by atoms with Crippen LogP contribution in [0.2, 0.25) is 5.02 Å². The highest BCUT2D eigenvalue weighted by atomic mass is 35.5. The van der Waals surface area contributed by atoms with Crippen LogP contribution >= 0.6 is 11.6 Å². The number of hydrogen-bond donors (Lipinski definition) is 2. The fraction of sp³-hybridized carbons (Fsp3) is 0.333. The molecule has 1 aliphatic rings. The Labute approximate surface area is 112 Å². The second-order valence-corrected chi connectivity index (χ2v) is 6.44. The topological polar surface area (TPSA) is 72.2 Å². The van der Waals surface area contributed by atoms with Crippen molar-refractivity contribution in [3.63, 3.8) is 0 Å². The lowest BCUT2D eigenvalue weighted by atomic mass is 10.2. The minimum Gasteiger partial charge on any atom is -0.320 e. The molecule has 0 heterocycles. The third-order valence-electron chi connectivity index (χ3n) is 2.52. The lowest BCUT2D eigenvalue weighted by Gasteiger charge is -2.09. The molecule has 0 atom stereocenters.